The maximum Gasteiger partial charge on any atom is 0.157 e. The summed E-state index contributed by atoms with van der Waals surface area (Å²) >= 11 is 0. The van der Waals surface area contributed by atoms with E-state index in [2.05, 4.69) is 6.58 Å². The number of rotatable bonds is 2. The minimum atomic E-state index is 0.336. The van der Waals surface area contributed by atoms with Crippen LogP contribution in [0.3, 0.4) is 0 Å². The Labute approximate surface area is 48.1 Å². The van der Waals surface area contributed by atoms with Crippen molar-refractivity contribution in [3.63, 3.8) is 0 Å². The van der Waals surface area contributed by atoms with E-state index in [4.69, 9.17) is 9.47 Å². The molecule has 2 heteroatoms. The van der Waals surface area contributed by atoms with E-state index in [1.807, 2.05) is 0 Å². The molecule has 2 nitrogen and oxygen atoms in total. The molecule has 0 N–H and O–H groups in total. The maximum absolute atomic E-state index is 4.99. The molecule has 0 aromatic heterocycles. The topological polar surface area (TPSA) is 25.1 Å². The molecule has 2 saturated heterocycles. The van der Waals surface area contributed by atoms with Gasteiger partial charge in [0.1, 0.15) is 5.76 Å². The van der Waals surface area contributed by atoms with Gasteiger partial charge in [0.05, 0.1) is 12.7 Å². The highest BCUT2D eigenvalue weighted by atomic mass is 16.6. The molecule has 2 unspecified atom stereocenters. The molecule has 0 bridgehead atoms. The summed E-state index contributed by atoms with van der Waals surface area (Å²) in [7, 11) is 0. The van der Waals surface area contributed by atoms with Crippen molar-refractivity contribution in [3.8, 4) is 0 Å². The minimum absolute atomic E-state index is 0.336. The number of hydrogen-bond donors (Lipinski definition) is 0. The Bertz CT molecular complexity index is 126. The number of epoxide rings is 2. The van der Waals surface area contributed by atoms with Gasteiger partial charge < -0.3 is 9.47 Å². The Hall–Kier alpha value is -0.500. The lowest BCUT2D eigenvalue weighted by Gasteiger charge is -1.79. The third-order valence-electron chi connectivity index (χ3n) is 1.47. The van der Waals surface area contributed by atoms with Crippen LogP contribution < -0.4 is 0 Å². The van der Waals surface area contributed by atoms with E-state index in [0.29, 0.717) is 12.2 Å². The van der Waals surface area contributed by atoms with Crippen molar-refractivity contribution < 1.29 is 9.47 Å². The van der Waals surface area contributed by atoms with Crippen LogP contribution in [0.5, 0.6) is 0 Å². The zero-order valence-electron chi connectivity index (χ0n) is 4.59. The molecule has 2 fully saturated rings. The number of ether oxygens (including phenoxy) is 2. The minimum Gasteiger partial charge on any atom is -0.483 e. The summed E-state index contributed by atoms with van der Waals surface area (Å²) in [5.74, 6) is 0.931. The van der Waals surface area contributed by atoms with Gasteiger partial charge in [-0.15, -0.1) is 0 Å². The first-order valence-corrected chi connectivity index (χ1v) is 2.83. The first-order valence-electron chi connectivity index (χ1n) is 2.83. The Morgan fingerprint density at radius 2 is 2.38 bits per heavy atom. The number of hydrogen-bond acceptors (Lipinski definition) is 2. The molecule has 0 amide bonds. The van der Waals surface area contributed by atoms with E-state index in [1.165, 1.54) is 0 Å². The fraction of sp³-hybridized carbons (Fsp3) is 0.667. The molecular formula is C6H8O2. The summed E-state index contributed by atoms with van der Waals surface area (Å²) in [6.45, 7) is 4.57. The molecular weight excluding hydrogens is 104 g/mol. The predicted octanol–water partition coefficient (Wildman–Crippen LogP) is 0.688. The van der Waals surface area contributed by atoms with E-state index < -0.39 is 0 Å². The summed E-state index contributed by atoms with van der Waals surface area (Å²) in [6, 6.07) is 0. The summed E-state index contributed by atoms with van der Waals surface area (Å²) in [5, 5.41) is 0. The van der Waals surface area contributed by atoms with Crippen molar-refractivity contribution in [1.82, 2.24) is 0 Å². The molecule has 0 aliphatic carbocycles. The Morgan fingerprint density at radius 1 is 1.75 bits per heavy atom. The highest BCUT2D eigenvalue weighted by Gasteiger charge is 2.37. The van der Waals surface area contributed by atoms with Crippen LogP contribution in [0, 0.1) is 0 Å². The van der Waals surface area contributed by atoms with Gasteiger partial charge in [0.15, 0.2) is 6.10 Å². The fourth-order valence-corrected chi connectivity index (χ4v) is 0.771. The van der Waals surface area contributed by atoms with Crippen LogP contribution in [-0.4, -0.2) is 18.8 Å². The third-order valence-corrected chi connectivity index (χ3v) is 1.47. The van der Waals surface area contributed by atoms with Gasteiger partial charge in [-0.25, -0.2) is 0 Å². The van der Waals surface area contributed by atoms with Crippen molar-refractivity contribution in [2.75, 3.05) is 6.61 Å². The molecule has 2 rings (SSSR count). The van der Waals surface area contributed by atoms with Gasteiger partial charge in [0.25, 0.3) is 0 Å². The Kier molecular flexibility index (Phi) is 0.690. The van der Waals surface area contributed by atoms with Crippen LogP contribution in [0.1, 0.15) is 6.42 Å². The molecule has 2 aliphatic rings. The van der Waals surface area contributed by atoms with Gasteiger partial charge in [0.2, 0.25) is 0 Å². The van der Waals surface area contributed by atoms with Crippen molar-refractivity contribution in [2.45, 2.75) is 18.6 Å². The normalized spacial score (nSPS) is 41.2. The average Bonchev–Trinajstić information content (AvgIpc) is 2.52. The largest absolute Gasteiger partial charge is 0.483 e. The zero-order chi connectivity index (χ0) is 5.56. The first kappa shape index (κ1) is 4.39. The van der Waals surface area contributed by atoms with Gasteiger partial charge >= 0.3 is 0 Å². The highest BCUT2D eigenvalue weighted by molar-refractivity contribution is 5.09. The highest BCUT2D eigenvalue weighted by Crippen LogP contribution is 2.32. The lowest BCUT2D eigenvalue weighted by Crippen LogP contribution is -1.90. The summed E-state index contributed by atoms with van der Waals surface area (Å²) in [5.41, 5.74) is 0. The molecule has 0 aromatic rings. The fourth-order valence-electron chi connectivity index (χ4n) is 0.771. The van der Waals surface area contributed by atoms with E-state index >= 15 is 0 Å². The van der Waals surface area contributed by atoms with Crippen LogP contribution in [0.25, 0.3) is 0 Å². The van der Waals surface area contributed by atoms with Gasteiger partial charge in [0, 0.05) is 6.42 Å². The Balaban J connectivity index is 1.76. The lowest BCUT2D eigenvalue weighted by molar-refractivity contribution is 0.348. The summed E-state index contributed by atoms with van der Waals surface area (Å²) in [6.07, 6.45) is 1.85. The summed E-state index contributed by atoms with van der Waals surface area (Å²) < 4.78 is 9.98. The molecule has 2 atom stereocenters. The van der Waals surface area contributed by atoms with Crippen LogP contribution in [0.15, 0.2) is 12.3 Å². The standard InChI is InChI=1S/C6H8O2/c1-4-6(8-4)2-5-3-7-5/h5-6H,1-3H2. The molecule has 44 valence electrons. The van der Waals surface area contributed by atoms with E-state index in [1.54, 1.807) is 0 Å². The van der Waals surface area contributed by atoms with E-state index in [9.17, 15) is 0 Å². The smallest absolute Gasteiger partial charge is 0.157 e. The van der Waals surface area contributed by atoms with Crippen molar-refractivity contribution >= 4 is 0 Å². The predicted molar refractivity (Wildman–Crippen MR) is 28.4 cm³/mol. The zero-order valence-corrected chi connectivity index (χ0v) is 4.59. The Morgan fingerprint density at radius 3 is 2.75 bits per heavy atom. The quantitative estimate of drug-likeness (QED) is 0.491. The third kappa shape index (κ3) is 0.713. The second-order valence-corrected chi connectivity index (χ2v) is 2.26. The van der Waals surface area contributed by atoms with Crippen LogP contribution in [-0.2, 0) is 9.47 Å². The monoisotopic (exact) mass is 112 g/mol. The summed E-state index contributed by atoms with van der Waals surface area (Å²) in [4.78, 5) is 0. The maximum atomic E-state index is 4.99. The van der Waals surface area contributed by atoms with E-state index in [-0.39, 0.29) is 0 Å². The van der Waals surface area contributed by atoms with Crippen molar-refractivity contribution in [2.24, 2.45) is 0 Å². The average molecular weight is 112 g/mol. The van der Waals surface area contributed by atoms with Gasteiger partial charge in [-0.1, -0.05) is 6.58 Å². The molecule has 0 saturated carbocycles. The van der Waals surface area contributed by atoms with Crippen molar-refractivity contribution in [3.05, 3.63) is 12.3 Å². The molecule has 0 aromatic carbocycles. The lowest BCUT2D eigenvalue weighted by atomic mass is 10.2. The molecule has 2 heterocycles. The van der Waals surface area contributed by atoms with Crippen molar-refractivity contribution in [1.29, 1.82) is 0 Å². The van der Waals surface area contributed by atoms with Gasteiger partial charge in [-0.2, -0.15) is 0 Å². The molecule has 0 radical (unpaired) electrons. The van der Waals surface area contributed by atoms with Crippen LogP contribution >= 0.6 is 0 Å². The van der Waals surface area contributed by atoms with Gasteiger partial charge in [-0.3, -0.25) is 0 Å². The van der Waals surface area contributed by atoms with E-state index in [0.717, 1.165) is 18.8 Å². The van der Waals surface area contributed by atoms with Crippen LogP contribution in [0.4, 0.5) is 0 Å². The van der Waals surface area contributed by atoms with Gasteiger partial charge in [-0.05, 0) is 0 Å². The second-order valence-electron chi connectivity index (χ2n) is 2.26. The van der Waals surface area contributed by atoms with Crippen LogP contribution in [0.2, 0.25) is 0 Å². The second kappa shape index (κ2) is 1.26. The molecule has 0 spiro atoms. The first-order chi connectivity index (χ1) is 3.86. The SMILES string of the molecule is C=C1OC1CC1CO1. The molecule has 8 heavy (non-hydrogen) atoms. The molecule has 2 aliphatic heterocycles.